The van der Waals surface area contributed by atoms with Gasteiger partial charge in [0.15, 0.2) is 11.5 Å². The molecule has 0 saturated carbocycles. The second-order valence-corrected chi connectivity index (χ2v) is 7.51. The monoisotopic (exact) mass is 349 g/mol. The molecule has 0 fully saturated rings. The van der Waals surface area contributed by atoms with Crippen LogP contribution < -0.4 is 14.2 Å². The second kappa shape index (κ2) is 7.68. The van der Waals surface area contributed by atoms with Gasteiger partial charge in [0.05, 0.1) is 20.0 Å². The maximum Gasteiger partial charge on any atom is 0.216 e. The number of ether oxygens (including phenoxy) is 2. The zero-order valence-electron chi connectivity index (χ0n) is 14.4. The Hall–Kier alpha value is -2.05. The molecule has 1 N–H and O–H groups in total. The van der Waals surface area contributed by atoms with Crippen molar-refractivity contribution in [2.45, 2.75) is 26.1 Å². The number of benzene rings is 2. The lowest BCUT2D eigenvalue weighted by Gasteiger charge is -2.13. The van der Waals surface area contributed by atoms with E-state index in [0.29, 0.717) is 11.5 Å². The lowest BCUT2D eigenvalue weighted by Crippen LogP contribution is -2.25. The molecule has 0 heterocycles. The summed E-state index contributed by atoms with van der Waals surface area (Å²) in [6, 6.07) is 11.1. The van der Waals surface area contributed by atoms with Crippen LogP contribution in [-0.2, 0) is 22.3 Å². The van der Waals surface area contributed by atoms with E-state index < -0.39 is 10.0 Å². The Morgan fingerprint density at radius 1 is 1.00 bits per heavy atom. The van der Waals surface area contributed by atoms with Crippen molar-refractivity contribution in [1.29, 1.82) is 0 Å². The molecular weight excluding hydrogens is 326 g/mol. The first kappa shape index (κ1) is 18.3. The van der Waals surface area contributed by atoms with Gasteiger partial charge in [-0.25, -0.2) is 13.1 Å². The fourth-order valence-corrected chi connectivity index (χ4v) is 3.57. The molecule has 0 spiro atoms. The standard InChI is InChI=1S/C18H23NO4S/c1-13-6-5-7-15(8-13)12-24(20,21)19-11-16-10-18(23-4)17(22-3)9-14(16)2/h5-10,19H,11-12H2,1-4H3. The number of rotatable bonds is 7. The van der Waals surface area contributed by atoms with Crippen molar-refractivity contribution < 1.29 is 17.9 Å². The summed E-state index contributed by atoms with van der Waals surface area (Å²) in [4.78, 5) is 0. The Balaban J connectivity index is 2.12. The minimum Gasteiger partial charge on any atom is -0.493 e. The summed E-state index contributed by atoms with van der Waals surface area (Å²) in [6.07, 6.45) is 0. The first-order valence-corrected chi connectivity index (χ1v) is 9.24. The van der Waals surface area contributed by atoms with Gasteiger partial charge < -0.3 is 9.47 Å². The molecule has 24 heavy (non-hydrogen) atoms. The summed E-state index contributed by atoms with van der Waals surface area (Å²) in [7, 11) is -0.298. The van der Waals surface area contributed by atoms with E-state index in [4.69, 9.17) is 9.47 Å². The molecule has 2 aromatic carbocycles. The predicted molar refractivity (Wildman–Crippen MR) is 94.9 cm³/mol. The van der Waals surface area contributed by atoms with E-state index in [1.807, 2.05) is 44.2 Å². The van der Waals surface area contributed by atoms with Crippen molar-refractivity contribution in [1.82, 2.24) is 4.72 Å². The van der Waals surface area contributed by atoms with E-state index in [1.165, 1.54) is 0 Å². The first-order chi connectivity index (χ1) is 11.3. The predicted octanol–water partition coefficient (Wildman–Crippen LogP) is 2.94. The lowest BCUT2D eigenvalue weighted by atomic mass is 10.1. The topological polar surface area (TPSA) is 64.6 Å². The molecule has 0 amide bonds. The fourth-order valence-electron chi connectivity index (χ4n) is 2.47. The maximum atomic E-state index is 12.3. The third-order valence-electron chi connectivity index (χ3n) is 3.76. The average molecular weight is 349 g/mol. The molecule has 0 saturated heterocycles. The summed E-state index contributed by atoms with van der Waals surface area (Å²) in [5.41, 5.74) is 3.59. The van der Waals surface area contributed by atoms with Crippen LogP contribution in [0.15, 0.2) is 36.4 Å². The highest BCUT2D eigenvalue weighted by Crippen LogP contribution is 2.30. The third kappa shape index (κ3) is 4.72. The molecule has 5 nitrogen and oxygen atoms in total. The molecule has 2 aromatic rings. The van der Waals surface area contributed by atoms with Crippen LogP contribution in [0.1, 0.15) is 22.3 Å². The zero-order valence-corrected chi connectivity index (χ0v) is 15.2. The molecule has 0 unspecified atom stereocenters. The Kier molecular flexibility index (Phi) is 5.85. The van der Waals surface area contributed by atoms with Crippen LogP contribution in [0.4, 0.5) is 0 Å². The quantitative estimate of drug-likeness (QED) is 0.835. The van der Waals surface area contributed by atoms with E-state index >= 15 is 0 Å². The summed E-state index contributed by atoms with van der Waals surface area (Å²) in [6.45, 7) is 4.06. The maximum absolute atomic E-state index is 12.3. The molecule has 0 aliphatic heterocycles. The van der Waals surface area contributed by atoms with E-state index in [2.05, 4.69) is 4.72 Å². The minimum absolute atomic E-state index is 0.0407. The number of hydrogen-bond donors (Lipinski definition) is 1. The van der Waals surface area contributed by atoms with Crippen LogP contribution in [0.25, 0.3) is 0 Å². The molecule has 0 aliphatic carbocycles. The number of nitrogens with one attached hydrogen (secondary N) is 1. The smallest absolute Gasteiger partial charge is 0.216 e. The average Bonchev–Trinajstić information content (AvgIpc) is 2.53. The van der Waals surface area contributed by atoms with Gasteiger partial charge in [-0.2, -0.15) is 0 Å². The van der Waals surface area contributed by atoms with Gasteiger partial charge in [0.1, 0.15) is 0 Å². The Bertz CT molecular complexity index is 816. The SMILES string of the molecule is COc1cc(C)c(CNS(=O)(=O)Cc2cccc(C)c2)cc1OC. The molecular formula is C18H23NO4S. The molecule has 130 valence electrons. The Labute approximate surface area is 143 Å². The van der Waals surface area contributed by atoms with Crippen LogP contribution in [0.3, 0.4) is 0 Å². The van der Waals surface area contributed by atoms with Gasteiger partial charge in [-0.05, 0) is 42.7 Å². The minimum atomic E-state index is -3.42. The van der Waals surface area contributed by atoms with Crippen molar-refractivity contribution in [2.24, 2.45) is 0 Å². The summed E-state index contributed by atoms with van der Waals surface area (Å²) < 4.78 is 37.8. The first-order valence-electron chi connectivity index (χ1n) is 7.59. The van der Waals surface area contributed by atoms with Crippen molar-refractivity contribution in [2.75, 3.05) is 14.2 Å². The lowest BCUT2D eigenvalue weighted by molar-refractivity contribution is 0.354. The van der Waals surface area contributed by atoms with Gasteiger partial charge in [-0.15, -0.1) is 0 Å². The number of methoxy groups -OCH3 is 2. The zero-order chi connectivity index (χ0) is 17.7. The summed E-state index contributed by atoms with van der Waals surface area (Å²) in [5, 5.41) is 0. The van der Waals surface area contributed by atoms with Gasteiger partial charge in [0, 0.05) is 6.54 Å². The van der Waals surface area contributed by atoms with Gasteiger partial charge in [0.2, 0.25) is 10.0 Å². The third-order valence-corrected chi connectivity index (χ3v) is 5.06. The van der Waals surface area contributed by atoms with Crippen LogP contribution in [0, 0.1) is 13.8 Å². The number of hydrogen-bond acceptors (Lipinski definition) is 4. The Morgan fingerprint density at radius 2 is 1.67 bits per heavy atom. The van der Waals surface area contributed by atoms with Gasteiger partial charge >= 0.3 is 0 Å². The van der Waals surface area contributed by atoms with E-state index in [-0.39, 0.29) is 12.3 Å². The van der Waals surface area contributed by atoms with Gasteiger partial charge in [-0.3, -0.25) is 0 Å². The molecule has 0 aromatic heterocycles. The van der Waals surface area contributed by atoms with Crippen LogP contribution >= 0.6 is 0 Å². The second-order valence-electron chi connectivity index (χ2n) is 5.70. The van der Waals surface area contributed by atoms with Crippen LogP contribution in [-0.4, -0.2) is 22.6 Å². The molecule has 0 aliphatic rings. The Morgan fingerprint density at radius 3 is 2.29 bits per heavy atom. The van der Waals surface area contributed by atoms with Crippen molar-refractivity contribution in [3.05, 3.63) is 58.7 Å². The number of aryl methyl sites for hydroxylation is 2. The van der Waals surface area contributed by atoms with Crippen molar-refractivity contribution >= 4 is 10.0 Å². The molecule has 0 radical (unpaired) electrons. The normalized spacial score (nSPS) is 11.3. The van der Waals surface area contributed by atoms with Gasteiger partial charge in [0.25, 0.3) is 0 Å². The molecule has 6 heteroatoms. The van der Waals surface area contributed by atoms with Gasteiger partial charge in [-0.1, -0.05) is 29.8 Å². The summed E-state index contributed by atoms with van der Waals surface area (Å²) in [5.74, 6) is 1.17. The van der Waals surface area contributed by atoms with Crippen molar-refractivity contribution in [3.8, 4) is 11.5 Å². The van der Waals surface area contributed by atoms with E-state index in [0.717, 1.165) is 22.3 Å². The molecule has 0 atom stereocenters. The van der Waals surface area contributed by atoms with E-state index in [1.54, 1.807) is 20.3 Å². The molecule has 2 rings (SSSR count). The highest BCUT2D eigenvalue weighted by molar-refractivity contribution is 7.88. The number of sulfonamides is 1. The van der Waals surface area contributed by atoms with Crippen molar-refractivity contribution in [3.63, 3.8) is 0 Å². The van der Waals surface area contributed by atoms with Crippen LogP contribution in [0.2, 0.25) is 0 Å². The van der Waals surface area contributed by atoms with E-state index in [9.17, 15) is 8.42 Å². The highest BCUT2D eigenvalue weighted by atomic mass is 32.2. The van der Waals surface area contributed by atoms with Crippen LogP contribution in [0.5, 0.6) is 11.5 Å². The molecule has 0 bridgehead atoms. The largest absolute Gasteiger partial charge is 0.493 e. The summed E-state index contributed by atoms with van der Waals surface area (Å²) >= 11 is 0. The highest BCUT2D eigenvalue weighted by Gasteiger charge is 2.14. The fraction of sp³-hybridized carbons (Fsp3) is 0.333.